The summed E-state index contributed by atoms with van der Waals surface area (Å²) in [6.45, 7) is 0. The molecule has 8 nitrogen and oxygen atoms in total. The lowest BCUT2D eigenvalue weighted by molar-refractivity contribution is 0.0952. The molecule has 4 aromatic carbocycles. The topological polar surface area (TPSA) is 110 Å². The highest BCUT2D eigenvalue weighted by atomic mass is 32.2. The Kier molecular flexibility index (Phi) is 6.40. The smallest absolute Gasteiger partial charge is 0.275 e. The Bertz CT molecular complexity index is 1930. The molecule has 0 fully saturated rings. The number of rotatable bonds is 6. The Morgan fingerprint density at radius 3 is 2.46 bits per heavy atom. The Balaban J connectivity index is 1.23. The van der Waals surface area contributed by atoms with Crippen LogP contribution in [0.1, 0.15) is 16.1 Å². The fourth-order valence-corrected chi connectivity index (χ4v) is 5.04. The number of fused-ring (bicyclic) bond motifs is 2. The maximum Gasteiger partial charge on any atom is 0.275 e. The van der Waals surface area contributed by atoms with E-state index in [0.717, 1.165) is 10.8 Å². The van der Waals surface area contributed by atoms with Crippen molar-refractivity contribution in [3.63, 3.8) is 0 Å². The highest BCUT2D eigenvalue weighted by Gasteiger charge is 2.16. The molecule has 0 aliphatic rings. The van der Waals surface area contributed by atoms with Gasteiger partial charge in [0.1, 0.15) is 11.5 Å². The van der Waals surface area contributed by atoms with Crippen LogP contribution in [0.2, 0.25) is 0 Å². The lowest BCUT2D eigenvalue weighted by Crippen LogP contribution is -2.21. The number of carbonyl (C=O) groups excluding carboxylic acids is 1. The van der Waals surface area contributed by atoms with Crippen molar-refractivity contribution in [3.8, 4) is 11.4 Å². The number of carbonyl (C=O) groups is 1. The first kappa shape index (κ1) is 24.2. The highest BCUT2D eigenvalue weighted by molar-refractivity contribution is 7.99. The van der Waals surface area contributed by atoms with Gasteiger partial charge < -0.3 is 9.52 Å². The minimum atomic E-state index is -0.553. The molecule has 0 unspecified atom stereocenters. The molecule has 0 atom stereocenters. The van der Waals surface area contributed by atoms with Crippen molar-refractivity contribution in [2.75, 3.05) is 0 Å². The number of hydrazone groups is 1. The number of nitrogens with one attached hydrogen (secondary N) is 1. The van der Waals surface area contributed by atoms with Crippen LogP contribution in [0.4, 0.5) is 0 Å². The third kappa shape index (κ3) is 4.90. The summed E-state index contributed by atoms with van der Waals surface area (Å²) in [6, 6.07) is 30.5. The van der Waals surface area contributed by atoms with E-state index in [1.54, 1.807) is 41.0 Å². The summed E-state index contributed by atoms with van der Waals surface area (Å²) in [6.07, 6.45) is 1.36. The second kappa shape index (κ2) is 10.3. The van der Waals surface area contributed by atoms with Crippen molar-refractivity contribution < 1.29 is 14.3 Å². The first-order valence-electron chi connectivity index (χ1n) is 12.0. The number of nitrogens with zero attached hydrogens (tertiary/aromatic N) is 3. The monoisotopic (exact) mass is 532 g/mol. The van der Waals surface area contributed by atoms with Gasteiger partial charge in [0.15, 0.2) is 10.2 Å². The molecule has 0 aliphatic heterocycles. The quantitative estimate of drug-likeness (QED) is 0.161. The van der Waals surface area contributed by atoms with Gasteiger partial charge in [0.2, 0.25) is 0 Å². The predicted molar refractivity (Wildman–Crippen MR) is 151 cm³/mol. The molecule has 2 heterocycles. The van der Waals surface area contributed by atoms with Crippen LogP contribution in [0.25, 0.3) is 27.4 Å². The number of hydrogen-bond acceptors (Lipinski definition) is 7. The lowest BCUT2D eigenvalue weighted by atomic mass is 10.1. The Labute approximate surface area is 226 Å². The van der Waals surface area contributed by atoms with Crippen molar-refractivity contribution in [1.82, 2.24) is 15.0 Å². The van der Waals surface area contributed by atoms with E-state index in [0.29, 0.717) is 32.6 Å². The molecule has 0 spiro atoms. The van der Waals surface area contributed by atoms with E-state index in [-0.39, 0.29) is 16.9 Å². The van der Waals surface area contributed by atoms with Crippen LogP contribution in [0.15, 0.2) is 128 Å². The van der Waals surface area contributed by atoms with Crippen molar-refractivity contribution in [2.24, 2.45) is 5.10 Å². The maximum atomic E-state index is 13.4. The van der Waals surface area contributed by atoms with Crippen molar-refractivity contribution in [1.29, 1.82) is 0 Å². The molecule has 6 rings (SSSR count). The Hall–Kier alpha value is -5.15. The third-order valence-corrected chi connectivity index (χ3v) is 6.90. The van der Waals surface area contributed by atoms with Gasteiger partial charge in [0.05, 0.1) is 28.4 Å². The molecule has 0 aliphatic carbocycles. The molecule has 2 N–H and O–H groups in total. The number of phenolic OH excluding ortho intramolecular Hbond substituents is 1. The van der Waals surface area contributed by atoms with Gasteiger partial charge in [-0.15, -0.1) is 0 Å². The first-order chi connectivity index (χ1) is 19.1. The van der Waals surface area contributed by atoms with Gasteiger partial charge in [0, 0.05) is 0 Å². The average molecular weight is 533 g/mol. The number of hydrogen-bond donors (Lipinski definition) is 2. The van der Waals surface area contributed by atoms with E-state index in [1.807, 2.05) is 66.7 Å². The number of furan rings is 1. The molecule has 1 amide bonds. The molecule has 0 saturated carbocycles. The zero-order chi connectivity index (χ0) is 26.8. The molecule has 0 radical (unpaired) electrons. The zero-order valence-corrected chi connectivity index (χ0v) is 21.1. The average Bonchev–Trinajstić information content (AvgIpc) is 3.40. The molecule has 0 saturated heterocycles. The summed E-state index contributed by atoms with van der Waals surface area (Å²) in [5, 5.41) is 17.3. The van der Waals surface area contributed by atoms with E-state index < -0.39 is 5.91 Å². The Morgan fingerprint density at radius 1 is 0.923 bits per heavy atom. The first-order valence-corrected chi connectivity index (χ1v) is 12.8. The van der Waals surface area contributed by atoms with Crippen molar-refractivity contribution in [3.05, 3.63) is 125 Å². The number of benzene rings is 4. The summed E-state index contributed by atoms with van der Waals surface area (Å²) in [7, 11) is 0. The standard InChI is InChI=1S/C30H20N4O4S/c35-26-17-20-9-5-4-8-19(20)16-24(26)28(36)33-31-18-22-14-15-27(38-22)39-30-32-25-13-7-6-12-23(25)29(37)34(30)21-10-2-1-3-11-21/h1-18,35H,(H,33,36)/b31-18+. The van der Waals surface area contributed by atoms with Crippen LogP contribution in [-0.2, 0) is 0 Å². The van der Waals surface area contributed by atoms with Gasteiger partial charge in [-0.2, -0.15) is 5.10 Å². The van der Waals surface area contributed by atoms with Crippen LogP contribution in [0.5, 0.6) is 5.75 Å². The molecular weight excluding hydrogens is 512 g/mol. The summed E-state index contributed by atoms with van der Waals surface area (Å²) < 4.78 is 7.41. The van der Waals surface area contributed by atoms with Gasteiger partial charge in [-0.05, 0) is 71.1 Å². The minimum Gasteiger partial charge on any atom is -0.507 e. The zero-order valence-electron chi connectivity index (χ0n) is 20.3. The second-order valence-electron chi connectivity index (χ2n) is 8.56. The van der Waals surface area contributed by atoms with Gasteiger partial charge in [-0.3, -0.25) is 14.2 Å². The minimum absolute atomic E-state index is 0.114. The van der Waals surface area contributed by atoms with E-state index in [2.05, 4.69) is 10.5 Å². The van der Waals surface area contributed by atoms with Crippen LogP contribution < -0.4 is 11.0 Å². The fraction of sp³-hybridized carbons (Fsp3) is 0. The van der Waals surface area contributed by atoms with Gasteiger partial charge in [0.25, 0.3) is 11.5 Å². The third-order valence-electron chi connectivity index (χ3n) is 6.02. The van der Waals surface area contributed by atoms with Gasteiger partial charge in [-0.1, -0.05) is 54.6 Å². The molecule has 6 aromatic rings. The van der Waals surface area contributed by atoms with E-state index >= 15 is 0 Å². The molecule has 2 aromatic heterocycles. The summed E-state index contributed by atoms with van der Waals surface area (Å²) >= 11 is 1.20. The van der Waals surface area contributed by atoms with Crippen LogP contribution in [0, 0.1) is 0 Å². The number of phenols is 1. The second-order valence-corrected chi connectivity index (χ2v) is 9.53. The summed E-state index contributed by atoms with van der Waals surface area (Å²) in [4.78, 5) is 30.7. The highest BCUT2D eigenvalue weighted by Crippen LogP contribution is 2.30. The SMILES string of the molecule is O=C(N/N=C/c1ccc(Sc2nc3ccccc3c(=O)n2-c2ccccc2)o1)c1cc2ccccc2cc1O. The van der Waals surface area contributed by atoms with Crippen molar-refractivity contribution >= 4 is 45.6 Å². The molecular formula is C30H20N4O4S. The number of aromatic hydroxyl groups is 1. The number of aromatic nitrogens is 2. The molecule has 190 valence electrons. The lowest BCUT2D eigenvalue weighted by Gasteiger charge is -2.12. The van der Waals surface area contributed by atoms with E-state index in [1.165, 1.54) is 18.0 Å². The van der Waals surface area contributed by atoms with Gasteiger partial charge >= 0.3 is 0 Å². The van der Waals surface area contributed by atoms with Crippen LogP contribution in [0.3, 0.4) is 0 Å². The van der Waals surface area contributed by atoms with E-state index in [4.69, 9.17) is 9.40 Å². The van der Waals surface area contributed by atoms with E-state index in [9.17, 15) is 14.7 Å². The molecule has 9 heteroatoms. The fourth-order valence-electron chi connectivity index (χ4n) is 4.16. The van der Waals surface area contributed by atoms with Crippen molar-refractivity contribution in [2.45, 2.75) is 10.2 Å². The molecule has 39 heavy (non-hydrogen) atoms. The normalized spacial score (nSPS) is 11.4. The van der Waals surface area contributed by atoms with Crippen LogP contribution in [-0.4, -0.2) is 26.8 Å². The largest absolute Gasteiger partial charge is 0.507 e. The maximum absolute atomic E-state index is 13.4. The molecule has 0 bridgehead atoms. The van der Waals surface area contributed by atoms with Gasteiger partial charge in [-0.25, -0.2) is 10.4 Å². The Morgan fingerprint density at radius 2 is 1.64 bits per heavy atom. The number of para-hydroxylation sites is 2. The number of amides is 1. The predicted octanol–water partition coefficient (Wildman–Crippen LogP) is 5.75. The van der Waals surface area contributed by atoms with Crippen LogP contribution >= 0.6 is 11.8 Å². The summed E-state index contributed by atoms with van der Waals surface area (Å²) in [5.41, 5.74) is 3.63. The summed E-state index contributed by atoms with van der Waals surface area (Å²) in [5.74, 6) is -0.303.